The molecule has 5 heteroatoms. The molecule has 1 aromatic carbocycles. The van der Waals surface area contributed by atoms with Crippen LogP contribution in [0, 0.1) is 22.7 Å². The van der Waals surface area contributed by atoms with E-state index >= 15 is 0 Å². The minimum atomic E-state index is -0.0966. The number of aromatic nitrogens is 1. The Morgan fingerprint density at radius 1 is 0.974 bits per heavy atom. The highest BCUT2D eigenvalue weighted by Crippen LogP contribution is 2.36. The minimum Gasteiger partial charge on any atom is -0.398 e. The summed E-state index contributed by atoms with van der Waals surface area (Å²) < 4.78 is 0. The van der Waals surface area contributed by atoms with Crippen LogP contribution in [0.4, 0.5) is 5.69 Å². The molecule has 1 aliphatic carbocycles. The lowest BCUT2D eigenvalue weighted by Crippen LogP contribution is -2.29. The maximum atomic E-state index is 13.0. The summed E-state index contributed by atoms with van der Waals surface area (Å²) in [4.78, 5) is 20.0. The molecule has 0 amide bonds. The number of carbonyl (C=O) groups excluding carboxylic acids is 1. The molecule has 38 heavy (non-hydrogen) atoms. The molecular formula is C33H48N4O. The maximum absolute atomic E-state index is 13.0. The maximum Gasteiger partial charge on any atom is 0.181 e. The third kappa shape index (κ3) is 8.23. The van der Waals surface area contributed by atoms with Crippen LogP contribution in [0.1, 0.15) is 103 Å². The third-order valence-corrected chi connectivity index (χ3v) is 8.63. The average molecular weight is 517 g/mol. The van der Waals surface area contributed by atoms with E-state index in [1.807, 2.05) is 30.6 Å². The van der Waals surface area contributed by atoms with Gasteiger partial charge in [-0.15, -0.1) is 0 Å². The Hall–Kier alpha value is -2.53. The van der Waals surface area contributed by atoms with E-state index in [1.165, 1.54) is 63.4 Å². The normalized spacial score (nSPS) is 20.8. The van der Waals surface area contributed by atoms with Gasteiger partial charge in [0.25, 0.3) is 0 Å². The van der Waals surface area contributed by atoms with Crippen LogP contribution in [0.15, 0.2) is 36.7 Å². The number of piperidine rings is 1. The summed E-state index contributed by atoms with van der Waals surface area (Å²) >= 11 is 0. The van der Waals surface area contributed by atoms with Crippen molar-refractivity contribution in [1.29, 1.82) is 5.41 Å². The van der Waals surface area contributed by atoms with Crippen molar-refractivity contribution in [2.45, 2.75) is 97.9 Å². The van der Waals surface area contributed by atoms with Gasteiger partial charge in [0.2, 0.25) is 0 Å². The molecule has 0 bridgehead atoms. The number of nitrogens with one attached hydrogen (secondary N) is 1. The van der Waals surface area contributed by atoms with Crippen molar-refractivity contribution < 1.29 is 4.79 Å². The third-order valence-electron chi connectivity index (χ3n) is 8.63. The van der Waals surface area contributed by atoms with E-state index < -0.39 is 0 Å². The van der Waals surface area contributed by atoms with Gasteiger partial charge in [-0.3, -0.25) is 20.1 Å². The number of carbonyl (C=O) groups is 1. The van der Waals surface area contributed by atoms with Crippen LogP contribution in [-0.2, 0) is 11.3 Å². The van der Waals surface area contributed by atoms with Crippen LogP contribution < -0.4 is 5.73 Å². The summed E-state index contributed by atoms with van der Waals surface area (Å²) in [6.45, 7) is 10.2. The lowest BCUT2D eigenvalue weighted by atomic mass is 9.76. The van der Waals surface area contributed by atoms with Gasteiger partial charge in [-0.05, 0) is 91.8 Å². The molecule has 1 saturated heterocycles. The largest absolute Gasteiger partial charge is 0.398 e. The number of ketones is 1. The topological polar surface area (TPSA) is 83.1 Å². The van der Waals surface area contributed by atoms with Crippen molar-refractivity contribution in [3.8, 4) is 11.1 Å². The number of hydrogen-bond acceptors (Lipinski definition) is 5. The van der Waals surface area contributed by atoms with Crippen molar-refractivity contribution in [1.82, 2.24) is 9.88 Å². The van der Waals surface area contributed by atoms with Crippen molar-refractivity contribution in [3.63, 3.8) is 0 Å². The van der Waals surface area contributed by atoms with Crippen LogP contribution >= 0.6 is 0 Å². The molecule has 0 spiro atoms. The molecule has 2 aliphatic rings. The van der Waals surface area contributed by atoms with Gasteiger partial charge in [-0.25, -0.2) is 0 Å². The number of likely N-dealkylation sites (tertiary alicyclic amines) is 1. The molecule has 3 N–H and O–H groups in total. The van der Waals surface area contributed by atoms with Crippen molar-refractivity contribution >= 4 is 17.2 Å². The van der Waals surface area contributed by atoms with Gasteiger partial charge >= 0.3 is 0 Å². The highest BCUT2D eigenvalue weighted by molar-refractivity contribution is 6.46. The Labute approximate surface area is 230 Å². The van der Waals surface area contributed by atoms with E-state index in [0.717, 1.165) is 43.1 Å². The van der Waals surface area contributed by atoms with Crippen LogP contribution in [-0.4, -0.2) is 34.5 Å². The first-order valence-electron chi connectivity index (χ1n) is 14.9. The van der Waals surface area contributed by atoms with Gasteiger partial charge in [-0.1, -0.05) is 58.9 Å². The fraction of sp³-hybridized carbons (Fsp3) is 0.606. The lowest BCUT2D eigenvalue weighted by molar-refractivity contribution is -0.113. The standard InChI is InChI=1S/C33H48N4O/c1-33(2,3)16-15-25-9-7-24(8-10-25)11-14-31(38)32(35)29-20-27(12-13-30(29)34)28-19-26(21-36-22-28)23-37-17-5-4-6-18-37/h12-13,19-22,24-25,35H,4-11,14-18,23,34H2,1-3H3. The van der Waals surface area contributed by atoms with Gasteiger partial charge in [0.05, 0.1) is 0 Å². The van der Waals surface area contributed by atoms with Crippen LogP contribution in [0.5, 0.6) is 0 Å². The number of pyridine rings is 1. The summed E-state index contributed by atoms with van der Waals surface area (Å²) in [5, 5.41) is 8.66. The minimum absolute atomic E-state index is 0.0423. The zero-order valence-corrected chi connectivity index (χ0v) is 23.9. The first-order chi connectivity index (χ1) is 18.2. The highest BCUT2D eigenvalue weighted by Gasteiger charge is 2.24. The van der Waals surface area contributed by atoms with Gasteiger partial charge in [0, 0.05) is 42.2 Å². The quantitative estimate of drug-likeness (QED) is 0.251. The number of benzene rings is 1. The summed E-state index contributed by atoms with van der Waals surface area (Å²) in [5.74, 6) is 1.35. The Balaban J connectivity index is 1.32. The summed E-state index contributed by atoms with van der Waals surface area (Å²) in [6.07, 6.45) is 16.6. The number of nitrogens with zero attached hydrogens (tertiary/aromatic N) is 2. The van der Waals surface area contributed by atoms with Crippen molar-refractivity contribution in [3.05, 3.63) is 47.8 Å². The highest BCUT2D eigenvalue weighted by atomic mass is 16.1. The predicted molar refractivity (Wildman–Crippen MR) is 158 cm³/mol. The van der Waals surface area contributed by atoms with E-state index in [9.17, 15) is 4.79 Å². The van der Waals surface area contributed by atoms with E-state index in [-0.39, 0.29) is 11.5 Å². The number of nitrogens with two attached hydrogens (primary N) is 1. The summed E-state index contributed by atoms with van der Waals surface area (Å²) in [5.41, 5.74) is 10.9. The number of rotatable bonds is 10. The van der Waals surface area contributed by atoms with E-state index in [4.69, 9.17) is 11.1 Å². The fourth-order valence-electron chi connectivity index (χ4n) is 6.12. The second-order valence-electron chi connectivity index (χ2n) is 13.0. The smallest absolute Gasteiger partial charge is 0.181 e. The number of hydrogen-bond donors (Lipinski definition) is 2. The molecule has 0 atom stereocenters. The molecule has 0 radical (unpaired) electrons. The summed E-state index contributed by atoms with van der Waals surface area (Å²) in [6, 6.07) is 7.87. The van der Waals surface area contributed by atoms with Crippen LogP contribution in [0.2, 0.25) is 0 Å². The van der Waals surface area contributed by atoms with Crippen LogP contribution in [0.3, 0.4) is 0 Å². The predicted octanol–water partition coefficient (Wildman–Crippen LogP) is 7.67. The average Bonchev–Trinajstić information content (AvgIpc) is 2.91. The molecule has 1 saturated carbocycles. The Morgan fingerprint density at radius 2 is 1.66 bits per heavy atom. The molecule has 1 aliphatic heterocycles. The first kappa shape index (κ1) is 28.5. The summed E-state index contributed by atoms with van der Waals surface area (Å²) in [7, 11) is 0. The van der Waals surface area contributed by atoms with Gasteiger partial charge in [0.15, 0.2) is 5.78 Å². The van der Waals surface area contributed by atoms with Crippen LogP contribution in [0.25, 0.3) is 11.1 Å². The zero-order chi connectivity index (χ0) is 27.1. The van der Waals surface area contributed by atoms with E-state index in [0.29, 0.717) is 29.0 Å². The zero-order valence-electron chi connectivity index (χ0n) is 23.9. The monoisotopic (exact) mass is 516 g/mol. The molecule has 4 rings (SSSR count). The molecule has 206 valence electrons. The van der Waals surface area contributed by atoms with Gasteiger partial charge < -0.3 is 5.73 Å². The molecule has 2 fully saturated rings. The molecular weight excluding hydrogens is 468 g/mol. The SMILES string of the molecule is CC(C)(C)CCC1CCC(CCC(=O)C(=N)c2cc(-c3cncc(CN4CCCCC4)c3)ccc2N)CC1. The number of Topliss-reactive ketones (excluding diaryl/α,β-unsaturated/α-hetero) is 1. The second-order valence-corrected chi connectivity index (χ2v) is 13.0. The first-order valence-corrected chi connectivity index (χ1v) is 14.9. The Kier molecular flexibility index (Phi) is 9.75. The number of anilines is 1. The number of nitrogen functional groups attached to an aromatic ring is 1. The van der Waals surface area contributed by atoms with E-state index in [1.54, 1.807) is 0 Å². The van der Waals surface area contributed by atoms with Gasteiger partial charge in [-0.2, -0.15) is 0 Å². The van der Waals surface area contributed by atoms with Crippen molar-refractivity contribution in [2.24, 2.45) is 17.3 Å². The fourth-order valence-corrected chi connectivity index (χ4v) is 6.12. The van der Waals surface area contributed by atoms with E-state index in [2.05, 4.69) is 36.7 Å². The molecule has 2 heterocycles. The van der Waals surface area contributed by atoms with Crippen molar-refractivity contribution in [2.75, 3.05) is 18.8 Å². The molecule has 2 aromatic rings. The Morgan fingerprint density at radius 3 is 2.34 bits per heavy atom. The molecule has 1 aromatic heterocycles. The second kappa shape index (κ2) is 13.0. The Bertz CT molecular complexity index is 1090. The molecule has 0 unspecified atom stereocenters. The molecule has 5 nitrogen and oxygen atoms in total. The van der Waals surface area contributed by atoms with Gasteiger partial charge in [0.1, 0.15) is 5.71 Å². The lowest BCUT2D eigenvalue weighted by Gasteiger charge is -2.30.